The highest BCUT2D eigenvalue weighted by Gasteiger charge is 2.13. The Labute approximate surface area is 115 Å². The Balaban J connectivity index is 2.27. The number of rotatable bonds is 3. The van der Waals surface area contributed by atoms with Crippen LogP contribution in [0, 0.1) is 6.92 Å². The maximum absolute atomic E-state index is 12.4. The van der Waals surface area contributed by atoms with Gasteiger partial charge in [0.25, 0.3) is 6.43 Å². The molecule has 0 bridgehead atoms. The highest BCUT2D eigenvalue weighted by Crippen LogP contribution is 2.27. The van der Waals surface area contributed by atoms with Crippen LogP contribution in [0.5, 0.6) is 0 Å². The number of alkyl halides is 2. The van der Waals surface area contributed by atoms with Gasteiger partial charge in [0.15, 0.2) is 0 Å². The van der Waals surface area contributed by atoms with E-state index in [1.165, 1.54) is 24.3 Å². The summed E-state index contributed by atoms with van der Waals surface area (Å²) in [5, 5.41) is 10.8. The van der Waals surface area contributed by atoms with Crippen molar-refractivity contribution in [3.63, 3.8) is 0 Å². The third-order valence-electron chi connectivity index (χ3n) is 3.02. The highest BCUT2D eigenvalue weighted by atomic mass is 35.5. The number of aliphatic hydroxyl groups excluding tert-OH is 1. The van der Waals surface area contributed by atoms with Crippen molar-refractivity contribution < 1.29 is 13.9 Å². The lowest BCUT2D eigenvalue weighted by Crippen LogP contribution is -2.00. The zero-order valence-corrected chi connectivity index (χ0v) is 11.0. The quantitative estimate of drug-likeness (QED) is 0.867. The van der Waals surface area contributed by atoms with Crippen molar-refractivity contribution in [2.24, 2.45) is 0 Å². The molecule has 0 aliphatic heterocycles. The Morgan fingerprint density at radius 2 is 1.47 bits per heavy atom. The summed E-state index contributed by atoms with van der Waals surface area (Å²) < 4.78 is 24.9. The Kier molecular flexibility index (Phi) is 4.17. The van der Waals surface area contributed by atoms with E-state index < -0.39 is 12.5 Å². The van der Waals surface area contributed by atoms with Crippen LogP contribution in [0.4, 0.5) is 8.78 Å². The predicted octanol–water partition coefficient (Wildman–Crippen LogP) is 4.67. The van der Waals surface area contributed by atoms with E-state index >= 15 is 0 Å². The minimum Gasteiger partial charge on any atom is -0.384 e. The van der Waals surface area contributed by atoms with Gasteiger partial charge in [-0.05, 0) is 29.7 Å². The average Bonchev–Trinajstić information content (AvgIpc) is 2.41. The molecule has 1 atom stereocenters. The molecule has 1 nitrogen and oxygen atoms in total. The second-order valence-electron chi connectivity index (χ2n) is 4.38. The van der Waals surface area contributed by atoms with E-state index in [0.29, 0.717) is 16.1 Å². The van der Waals surface area contributed by atoms with Gasteiger partial charge in [-0.1, -0.05) is 48.0 Å². The van der Waals surface area contributed by atoms with Gasteiger partial charge in [0.05, 0.1) is 0 Å². The van der Waals surface area contributed by atoms with Crippen LogP contribution in [-0.2, 0) is 0 Å². The standard InChI is InChI=1S/C15H13ClF2O/c1-9-2-3-12(8-13(9)16)14(19)10-4-6-11(7-5-10)15(17)18/h2-8,14-15,19H,1H3. The summed E-state index contributed by atoms with van der Waals surface area (Å²) in [5.41, 5.74) is 2.06. The summed E-state index contributed by atoms with van der Waals surface area (Å²) in [5.74, 6) is 0. The van der Waals surface area contributed by atoms with Gasteiger partial charge >= 0.3 is 0 Å². The van der Waals surface area contributed by atoms with Crippen LogP contribution in [0.3, 0.4) is 0 Å². The highest BCUT2D eigenvalue weighted by molar-refractivity contribution is 6.31. The third kappa shape index (κ3) is 3.11. The summed E-state index contributed by atoms with van der Waals surface area (Å²) in [4.78, 5) is 0. The van der Waals surface area contributed by atoms with Gasteiger partial charge in [-0.15, -0.1) is 0 Å². The van der Waals surface area contributed by atoms with Gasteiger partial charge in [-0.25, -0.2) is 8.78 Å². The SMILES string of the molecule is Cc1ccc(C(O)c2ccc(C(F)F)cc2)cc1Cl. The molecule has 0 fully saturated rings. The number of hydrogen-bond acceptors (Lipinski definition) is 1. The fourth-order valence-corrected chi connectivity index (χ4v) is 1.98. The van der Waals surface area contributed by atoms with E-state index in [2.05, 4.69) is 0 Å². The van der Waals surface area contributed by atoms with Crippen LogP contribution in [0.2, 0.25) is 5.02 Å². The molecule has 2 aromatic rings. The molecule has 2 rings (SSSR count). The average molecular weight is 283 g/mol. The van der Waals surface area contributed by atoms with Gasteiger partial charge in [0.2, 0.25) is 0 Å². The Morgan fingerprint density at radius 3 is 2.00 bits per heavy atom. The van der Waals surface area contributed by atoms with Gasteiger partial charge < -0.3 is 5.11 Å². The first-order valence-corrected chi connectivity index (χ1v) is 6.19. The monoisotopic (exact) mass is 282 g/mol. The minimum absolute atomic E-state index is 0.0575. The van der Waals surface area contributed by atoms with Crippen molar-refractivity contribution in [1.29, 1.82) is 0 Å². The van der Waals surface area contributed by atoms with Crippen LogP contribution < -0.4 is 0 Å². The zero-order valence-electron chi connectivity index (χ0n) is 10.3. The molecule has 0 heterocycles. The topological polar surface area (TPSA) is 20.2 Å². The van der Waals surface area contributed by atoms with Gasteiger partial charge in [-0.3, -0.25) is 0 Å². The summed E-state index contributed by atoms with van der Waals surface area (Å²) >= 11 is 6.00. The second-order valence-corrected chi connectivity index (χ2v) is 4.79. The van der Waals surface area contributed by atoms with Crippen molar-refractivity contribution in [2.75, 3.05) is 0 Å². The summed E-state index contributed by atoms with van der Waals surface area (Å²) in [6.07, 6.45) is -3.37. The molecule has 2 aromatic carbocycles. The number of hydrogen-bond donors (Lipinski definition) is 1. The molecular weight excluding hydrogens is 270 g/mol. The first-order chi connectivity index (χ1) is 8.99. The van der Waals surface area contributed by atoms with Gasteiger partial charge in [0.1, 0.15) is 6.10 Å². The van der Waals surface area contributed by atoms with Crippen LogP contribution in [0.15, 0.2) is 42.5 Å². The molecule has 0 amide bonds. The maximum Gasteiger partial charge on any atom is 0.263 e. The molecule has 0 spiro atoms. The van der Waals surface area contributed by atoms with Crippen LogP contribution >= 0.6 is 11.6 Å². The Hall–Kier alpha value is -1.45. The van der Waals surface area contributed by atoms with E-state index in [-0.39, 0.29) is 5.56 Å². The lowest BCUT2D eigenvalue weighted by Gasteiger charge is -2.13. The van der Waals surface area contributed by atoms with Gasteiger partial charge in [-0.2, -0.15) is 0 Å². The molecule has 0 aliphatic carbocycles. The molecule has 19 heavy (non-hydrogen) atoms. The molecule has 1 unspecified atom stereocenters. The van der Waals surface area contributed by atoms with Crippen LogP contribution in [0.25, 0.3) is 0 Å². The van der Waals surface area contributed by atoms with E-state index in [4.69, 9.17) is 11.6 Å². The number of halogens is 3. The number of benzene rings is 2. The van der Waals surface area contributed by atoms with Crippen LogP contribution in [0.1, 0.15) is 34.8 Å². The third-order valence-corrected chi connectivity index (χ3v) is 3.42. The fraction of sp³-hybridized carbons (Fsp3) is 0.200. The molecule has 100 valence electrons. The van der Waals surface area contributed by atoms with E-state index in [1.807, 2.05) is 13.0 Å². The normalized spacial score (nSPS) is 12.7. The summed E-state index contributed by atoms with van der Waals surface area (Å²) in [6.45, 7) is 1.87. The predicted molar refractivity (Wildman–Crippen MR) is 71.6 cm³/mol. The zero-order chi connectivity index (χ0) is 14.0. The molecule has 0 aliphatic rings. The molecular formula is C15H13ClF2O. The molecule has 0 radical (unpaired) electrons. The van der Waals surface area contributed by atoms with Crippen molar-refractivity contribution in [3.8, 4) is 0 Å². The largest absolute Gasteiger partial charge is 0.384 e. The lowest BCUT2D eigenvalue weighted by atomic mass is 9.99. The minimum atomic E-state index is -2.50. The van der Waals surface area contributed by atoms with Crippen molar-refractivity contribution in [2.45, 2.75) is 19.5 Å². The molecule has 4 heteroatoms. The van der Waals surface area contributed by atoms with Crippen LogP contribution in [-0.4, -0.2) is 5.11 Å². The first kappa shape index (κ1) is 14.0. The number of aliphatic hydroxyl groups is 1. The first-order valence-electron chi connectivity index (χ1n) is 5.81. The van der Waals surface area contributed by atoms with Gasteiger partial charge in [0, 0.05) is 10.6 Å². The molecule has 1 N–H and O–H groups in total. The Morgan fingerprint density at radius 1 is 0.947 bits per heavy atom. The summed E-state index contributed by atoms with van der Waals surface area (Å²) in [6, 6.07) is 10.9. The van der Waals surface area contributed by atoms with Crippen molar-refractivity contribution in [1.82, 2.24) is 0 Å². The van der Waals surface area contributed by atoms with Crippen molar-refractivity contribution in [3.05, 3.63) is 69.7 Å². The van der Waals surface area contributed by atoms with E-state index in [0.717, 1.165) is 5.56 Å². The molecule has 0 saturated carbocycles. The van der Waals surface area contributed by atoms with E-state index in [1.54, 1.807) is 12.1 Å². The maximum atomic E-state index is 12.4. The summed E-state index contributed by atoms with van der Waals surface area (Å²) in [7, 11) is 0. The fourth-order valence-electron chi connectivity index (χ4n) is 1.80. The van der Waals surface area contributed by atoms with E-state index in [9.17, 15) is 13.9 Å². The molecule has 0 saturated heterocycles. The Bertz CT molecular complexity index is 567. The second kappa shape index (κ2) is 5.68. The lowest BCUT2D eigenvalue weighted by molar-refractivity contribution is 0.151. The molecule has 0 aromatic heterocycles. The smallest absolute Gasteiger partial charge is 0.263 e. The van der Waals surface area contributed by atoms with Crippen molar-refractivity contribution >= 4 is 11.6 Å². The number of aryl methyl sites for hydroxylation is 1.